The molecule has 0 bridgehead atoms. The van der Waals surface area contributed by atoms with Gasteiger partial charge in [-0.2, -0.15) is 4.98 Å². The summed E-state index contributed by atoms with van der Waals surface area (Å²) in [5.74, 6) is 0.350. The fraction of sp³-hybridized carbons (Fsp3) is 0.290. The van der Waals surface area contributed by atoms with Crippen LogP contribution in [0.1, 0.15) is 0 Å². The van der Waals surface area contributed by atoms with Crippen molar-refractivity contribution in [3.8, 4) is 34.6 Å². The number of methoxy groups -OCH3 is 2. The number of amides is 2. The Morgan fingerprint density at radius 3 is 2.33 bits per heavy atom. The summed E-state index contributed by atoms with van der Waals surface area (Å²) in [5.41, 5.74) is 0. The molecule has 4 N–H and O–H groups in total. The Balaban J connectivity index is 0.000000502. The van der Waals surface area contributed by atoms with E-state index in [-0.39, 0.29) is 71.1 Å². The molecule has 2 amide bonds. The second kappa shape index (κ2) is 18.7. The number of anilines is 2. The van der Waals surface area contributed by atoms with Gasteiger partial charge in [0.1, 0.15) is 12.9 Å². The van der Waals surface area contributed by atoms with Gasteiger partial charge in [0.15, 0.2) is 41.2 Å². The molecule has 272 valence electrons. The van der Waals surface area contributed by atoms with Gasteiger partial charge in [-0.25, -0.2) is 23.2 Å². The highest BCUT2D eigenvalue weighted by Crippen LogP contribution is 2.40. The van der Waals surface area contributed by atoms with Gasteiger partial charge >= 0.3 is 6.09 Å². The van der Waals surface area contributed by atoms with Gasteiger partial charge in [0.05, 0.1) is 45.1 Å². The molecule has 1 saturated heterocycles. The number of ether oxygens (including phenoxy) is 6. The van der Waals surface area contributed by atoms with E-state index in [4.69, 9.17) is 33.5 Å². The summed E-state index contributed by atoms with van der Waals surface area (Å²) >= 11 is 0. The summed E-state index contributed by atoms with van der Waals surface area (Å²) in [6.07, 6.45) is 4.15. The summed E-state index contributed by atoms with van der Waals surface area (Å²) in [6, 6.07) is 10.6. The topological polar surface area (TPSA) is 243 Å². The average Bonchev–Trinajstić information content (AvgIpc) is 3.14. The zero-order valence-corrected chi connectivity index (χ0v) is 28.2. The Morgan fingerprint density at radius 1 is 0.941 bits per heavy atom. The van der Waals surface area contributed by atoms with Crippen LogP contribution in [0.3, 0.4) is 0 Å². The molecule has 51 heavy (non-hydrogen) atoms. The lowest BCUT2D eigenvalue weighted by Gasteiger charge is -2.26. The van der Waals surface area contributed by atoms with E-state index in [1.54, 1.807) is 29.2 Å². The SMILES string of the molecule is COc1ccc(S(=O)(=O)Nc2ncnc(OCCO)c2Oc2ccccc2OC)cc1OCC(=O)N1CCOCC1.O=C(O)Nc1cnccn1. The number of para-hydroxylation sites is 2. The van der Waals surface area contributed by atoms with Crippen LogP contribution in [0.25, 0.3) is 0 Å². The molecule has 4 aromatic rings. The number of rotatable bonds is 14. The highest BCUT2D eigenvalue weighted by Gasteiger charge is 2.25. The third kappa shape index (κ3) is 11.0. The third-order valence-corrected chi connectivity index (χ3v) is 7.91. The Hall–Kier alpha value is -5.99. The first kappa shape index (κ1) is 37.8. The quantitative estimate of drug-likeness (QED) is 0.145. The van der Waals surface area contributed by atoms with Crippen LogP contribution in [-0.4, -0.2) is 116 Å². The molecule has 5 rings (SSSR count). The minimum atomic E-state index is -4.29. The van der Waals surface area contributed by atoms with E-state index in [1.807, 2.05) is 5.32 Å². The first-order valence-corrected chi connectivity index (χ1v) is 16.5. The van der Waals surface area contributed by atoms with Gasteiger partial charge in [-0.3, -0.25) is 19.8 Å². The van der Waals surface area contributed by atoms with E-state index in [0.29, 0.717) is 32.1 Å². The van der Waals surface area contributed by atoms with Crippen LogP contribution >= 0.6 is 0 Å². The maximum atomic E-state index is 13.5. The molecule has 0 radical (unpaired) electrons. The van der Waals surface area contributed by atoms with Gasteiger partial charge in [0.2, 0.25) is 5.75 Å². The molecule has 2 aromatic heterocycles. The van der Waals surface area contributed by atoms with E-state index in [1.165, 1.54) is 51.0 Å². The molecule has 0 saturated carbocycles. The lowest BCUT2D eigenvalue weighted by Crippen LogP contribution is -2.43. The van der Waals surface area contributed by atoms with Crippen molar-refractivity contribution in [2.75, 3.05) is 70.4 Å². The maximum Gasteiger partial charge on any atom is 0.410 e. The number of benzene rings is 2. The van der Waals surface area contributed by atoms with Crippen molar-refractivity contribution in [1.82, 2.24) is 24.8 Å². The van der Waals surface area contributed by atoms with Crippen LogP contribution < -0.4 is 33.7 Å². The van der Waals surface area contributed by atoms with Crippen molar-refractivity contribution < 1.29 is 56.6 Å². The van der Waals surface area contributed by atoms with Gasteiger partial charge in [-0.1, -0.05) is 12.1 Å². The van der Waals surface area contributed by atoms with Gasteiger partial charge in [-0.15, -0.1) is 0 Å². The number of aliphatic hydroxyl groups is 1. The number of hydrogen-bond donors (Lipinski definition) is 4. The van der Waals surface area contributed by atoms with E-state index in [0.717, 1.165) is 6.33 Å². The first-order chi connectivity index (χ1) is 24.6. The Labute approximate surface area is 292 Å². The molecule has 0 aliphatic carbocycles. The Bertz CT molecular complexity index is 1860. The number of sulfonamides is 1. The predicted molar refractivity (Wildman–Crippen MR) is 178 cm³/mol. The molecule has 1 aliphatic heterocycles. The summed E-state index contributed by atoms with van der Waals surface area (Å²) in [6.45, 7) is 0.997. The molecule has 3 heterocycles. The molecule has 0 spiro atoms. The van der Waals surface area contributed by atoms with Crippen LogP contribution in [0, 0.1) is 0 Å². The van der Waals surface area contributed by atoms with E-state index in [2.05, 4.69) is 24.7 Å². The van der Waals surface area contributed by atoms with Gasteiger partial charge < -0.3 is 43.5 Å². The number of carbonyl (C=O) groups is 2. The molecule has 20 heteroatoms. The average molecular weight is 730 g/mol. The molecule has 1 aliphatic rings. The second-order valence-electron chi connectivity index (χ2n) is 9.90. The fourth-order valence-corrected chi connectivity index (χ4v) is 5.25. The summed E-state index contributed by atoms with van der Waals surface area (Å²) in [7, 11) is -1.44. The predicted octanol–water partition coefficient (Wildman–Crippen LogP) is 2.26. The van der Waals surface area contributed by atoms with E-state index < -0.39 is 16.1 Å². The zero-order valence-electron chi connectivity index (χ0n) is 27.4. The number of aromatic nitrogens is 4. The minimum absolute atomic E-state index is 0.0529. The van der Waals surface area contributed by atoms with Crippen LogP contribution in [0.4, 0.5) is 16.4 Å². The molecular formula is C31H35N7O12S. The largest absolute Gasteiger partial charge is 0.493 e. The molecular weight excluding hydrogens is 694 g/mol. The third-order valence-electron chi connectivity index (χ3n) is 6.57. The lowest BCUT2D eigenvalue weighted by atomic mass is 10.3. The minimum Gasteiger partial charge on any atom is -0.493 e. The summed E-state index contributed by atoms with van der Waals surface area (Å²) in [4.78, 5) is 39.3. The normalized spacial score (nSPS) is 12.4. The van der Waals surface area contributed by atoms with Gasteiger partial charge in [0, 0.05) is 31.5 Å². The molecule has 2 aromatic carbocycles. The summed E-state index contributed by atoms with van der Waals surface area (Å²) in [5, 5.41) is 19.5. The van der Waals surface area contributed by atoms with E-state index >= 15 is 0 Å². The Morgan fingerprint density at radius 2 is 1.67 bits per heavy atom. The van der Waals surface area contributed by atoms with Crippen molar-refractivity contribution in [2.24, 2.45) is 0 Å². The maximum absolute atomic E-state index is 13.5. The number of nitrogens with one attached hydrogen (secondary N) is 2. The number of nitrogens with zero attached hydrogens (tertiary/aromatic N) is 5. The van der Waals surface area contributed by atoms with Crippen molar-refractivity contribution in [1.29, 1.82) is 0 Å². The second-order valence-corrected chi connectivity index (χ2v) is 11.6. The van der Waals surface area contributed by atoms with Crippen LogP contribution in [-0.2, 0) is 19.6 Å². The lowest BCUT2D eigenvalue weighted by molar-refractivity contribution is -0.137. The van der Waals surface area contributed by atoms with Gasteiger partial charge in [0.25, 0.3) is 21.8 Å². The van der Waals surface area contributed by atoms with Crippen molar-refractivity contribution in [3.63, 3.8) is 0 Å². The zero-order chi connectivity index (χ0) is 36.6. The summed E-state index contributed by atoms with van der Waals surface area (Å²) < 4.78 is 62.3. The smallest absolute Gasteiger partial charge is 0.410 e. The van der Waals surface area contributed by atoms with E-state index in [9.17, 15) is 23.1 Å². The highest BCUT2D eigenvalue weighted by molar-refractivity contribution is 7.92. The molecule has 0 unspecified atom stereocenters. The number of carboxylic acid groups (broad SMARTS) is 1. The van der Waals surface area contributed by atoms with Crippen LogP contribution in [0.15, 0.2) is 72.3 Å². The van der Waals surface area contributed by atoms with Crippen molar-refractivity contribution >= 4 is 33.7 Å². The molecule has 0 atom stereocenters. The van der Waals surface area contributed by atoms with Gasteiger partial charge in [-0.05, 0) is 24.3 Å². The number of hydrogen-bond acceptors (Lipinski definition) is 15. The highest BCUT2D eigenvalue weighted by atomic mass is 32.2. The van der Waals surface area contributed by atoms with Crippen LogP contribution in [0.5, 0.6) is 34.6 Å². The standard InChI is InChI=1S/C26H30N4O10S.C5H5N3O2/c1-35-19-5-3-4-6-21(19)40-24-25(27-17-28-26(24)38-14-11-31)29-41(33,34)18-7-8-20(36-2)22(15-18)39-16-23(32)30-9-12-37-13-10-30;9-5(10)8-4-3-6-1-2-7-4/h3-8,15,17,31H,9-14,16H2,1-2H3,(H,27,28,29);1-3H,(H,7,8)(H,9,10). The molecule has 1 fully saturated rings. The monoisotopic (exact) mass is 729 g/mol. The van der Waals surface area contributed by atoms with Crippen LogP contribution in [0.2, 0.25) is 0 Å². The number of carbonyl (C=O) groups excluding carboxylic acids is 1. The fourth-order valence-electron chi connectivity index (χ4n) is 4.22. The number of aliphatic hydroxyl groups excluding tert-OH is 1. The number of morpholine rings is 1. The Kier molecular flexibility index (Phi) is 13.9. The van der Waals surface area contributed by atoms with Crippen molar-refractivity contribution in [3.05, 3.63) is 67.4 Å². The first-order valence-electron chi connectivity index (χ1n) is 15.0. The van der Waals surface area contributed by atoms with Crippen molar-refractivity contribution in [2.45, 2.75) is 4.90 Å². The molecule has 19 nitrogen and oxygen atoms in total.